The van der Waals surface area contributed by atoms with Crippen molar-refractivity contribution in [2.75, 3.05) is 13.7 Å². The first-order valence-electron chi connectivity index (χ1n) is 12.2. The summed E-state index contributed by atoms with van der Waals surface area (Å²) in [7, 11) is 1.46. The Bertz CT molecular complexity index is 867. The number of halogens is 3. The smallest absolute Gasteiger partial charge is 0.416 e. The second kappa shape index (κ2) is 14.4. The van der Waals surface area contributed by atoms with Gasteiger partial charge >= 0.3 is 12.1 Å². The van der Waals surface area contributed by atoms with Gasteiger partial charge in [0.25, 0.3) is 0 Å². The van der Waals surface area contributed by atoms with Crippen molar-refractivity contribution in [2.45, 2.75) is 76.5 Å². The van der Waals surface area contributed by atoms with Gasteiger partial charge in [-0.05, 0) is 57.2 Å². The van der Waals surface area contributed by atoms with Gasteiger partial charge in [0.05, 0.1) is 23.9 Å². The van der Waals surface area contributed by atoms with E-state index >= 15 is 0 Å². The number of alkyl halides is 3. The molecule has 5 atom stereocenters. The quantitative estimate of drug-likeness (QED) is 0.217. The number of esters is 1. The summed E-state index contributed by atoms with van der Waals surface area (Å²) < 4.78 is 54.6. The fraction of sp³-hybridized carbons (Fsp3) is 0.593. The summed E-state index contributed by atoms with van der Waals surface area (Å²) in [6, 6.07) is 4.63. The number of benzene rings is 1. The van der Waals surface area contributed by atoms with E-state index in [1.165, 1.54) is 19.2 Å². The van der Waals surface area contributed by atoms with E-state index in [9.17, 15) is 28.2 Å². The standard InChI is InChI=1S/C27H37F3O6/c1-18(2)36-26(33)12-7-5-4-6-11-22-23(25(32)16-24(22)31)14-13-21(34-3)17-35-20-10-8-9-19(15-20)27(28,29)30/h4,6,8-10,13-15,18,21-25,31-32H,5,7,11-12,16-17H2,1-3H3/b6-4-,14-13+/t21-,22-,23-,24+,25-/m1/s1. The average Bonchev–Trinajstić information content (AvgIpc) is 3.07. The third-order valence-electron chi connectivity index (χ3n) is 6.04. The Balaban J connectivity index is 1.88. The third kappa shape index (κ3) is 9.95. The molecular weight excluding hydrogens is 477 g/mol. The van der Waals surface area contributed by atoms with Crippen LogP contribution in [0.5, 0.6) is 5.75 Å². The Morgan fingerprint density at radius 1 is 1.19 bits per heavy atom. The van der Waals surface area contributed by atoms with Crippen LogP contribution in [-0.2, 0) is 20.4 Å². The summed E-state index contributed by atoms with van der Waals surface area (Å²) >= 11 is 0. The number of aliphatic hydroxyl groups excluding tert-OH is 2. The highest BCUT2D eigenvalue weighted by Gasteiger charge is 2.39. The van der Waals surface area contributed by atoms with Gasteiger partial charge in [0.15, 0.2) is 0 Å². The number of ether oxygens (including phenoxy) is 3. The van der Waals surface area contributed by atoms with Gasteiger partial charge in [-0.15, -0.1) is 0 Å². The van der Waals surface area contributed by atoms with E-state index in [2.05, 4.69) is 0 Å². The van der Waals surface area contributed by atoms with Gasteiger partial charge in [0.2, 0.25) is 0 Å². The maximum absolute atomic E-state index is 12.9. The number of carbonyl (C=O) groups excluding carboxylic acids is 1. The molecule has 36 heavy (non-hydrogen) atoms. The van der Waals surface area contributed by atoms with E-state index in [0.717, 1.165) is 12.1 Å². The normalized spacial score (nSPS) is 23.6. The van der Waals surface area contributed by atoms with Crippen LogP contribution in [0.15, 0.2) is 48.6 Å². The molecule has 1 fully saturated rings. The topological polar surface area (TPSA) is 85.2 Å². The van der Waals surface area contributed by atoms with E-state index in [4.69, 9.17) is 14.2 Å². The zero-order chi connectivity index (χ0) is 26.7. The largest absolute Gasteiger partial charge is 0.491 e. The highest BCUT2D eigenvalue weighted by atomic mass is 19.4. The van der Waals surface area contributed by atoms with Gasteiger partial charge < -0.3 is 24.4 Å². The van der Waals surface area contributed by atoms with Crippen molar-refractivity contribution < 1.29 is 42.4 Å². The molecule has 1 aromatic rings. The molecule has 202 valence electrons. The average molecular weight is 515 g/mol. The molecule has 0 aromatic heterocycles. The lowest BCUT2D eigenvalue weighted by Crippen LogP contribution is -2.22. The molecule has 2 N–H and O–H groups in total. The summed E-state index contributed by atoms with van der Waals surface area (Å²) in [6.07, 6.45) is 3.42. The molecule has 9 heteroatoms. The first kappa shape index (κ1) is 29.9. The van der Waals surface area contributed by atoms with E-state index in [1.807, 2.05) is 26.0 Å². The van der Waals surface area contributed by atoms with Crippen molar-refractivity contribution in [3.63, 3.8) is 0 Å². The van der Waals surface area contributed by atoms with Crippen molar-refractivity contribution in [2.24, 2.45) is 11.8 Å². The van der Waals surface area contributed by atoms with Gasteiger partial charge in [0, 0.05) is 25.9 Å². The number of carbonyl (C=O) groups is 1. The summed E-state index contributed by atoms with van der Waals surface area (Å²) in [5, 5.41) is 20.9. The number of hydrogen-bond donors (Lipinski definition) is 2. The first-order chi connectivity index (χ1) is 17.0. The third-order valence-corrected chi connectivity index (χ3v) is 6.04. The number of aliphatic hydroxyl groups is 2. The van der Waals surface area contributed by atoms with Crippen LogP contribution in [0.2, 0.25) is 0 Å². The Kier molecular flexibility index (Phi) is 11.9. The van der Waals surface area contributed by atoms with E-state index < -0.39 is 30.1 Å². The minimum atomic E-state index is -4.46. The van der Waals surface area contributed by atoms with Crippen LogP contribution in [0.3, 0.4) is 0 Å². The molecule has 0 spiro atoms. The molecule has 0 aliphatic heterocycles. The highest BCUT2D eigenvalue weighted by molar-refractivity contribution is 5.69. The fourth-order valence-corrected chi connectivity index (χ4v) is 4.16. The highest BCUT2D eigenvalue weighted by Crippen LogP contribution is 2.36. The summed E-state index contributed by atoms with van der Waals surface area (Å²) in [5.74, 6) is -0.642. The van der Waals surface area contributed by atoms with Crippen LogP contribution in [0.25, 0.3) is 0 Å². The molecule has 6 nitrogen and oxygen atoms in total. The SMILES string of the molecule is CO[C@H](/C=C/[C@@H]1[C@@H](C/C=C\CCCC(=O)OC(C)C)[C@@H](O)C[C@H]1O)COc1cccc(C(F)(F)F)c1. The zero-order valence-corrected chi connectivity index (χ0v) is 21.0. The molecule has 0 bridgehead atoms. The van der Waals surface area contributed by atoms with Crippen molar-refractivity contribution in [3.05, 3.63) is 54.1 Å². The van der Waals surface area contributed by atoms with Crippen LogP contribution in [0, 0.1) is 11.8 Å². The second-order valence-electron chi connectivity index (χ2n) is 9.25. The zero-order valence-electron chi connectivity index (χ0n) is 21.0. The second-order valence-corrected chi connectivity index (χ2v) is 9.25. The predicted octanol–water partition coefficient (Wildman–Crippen LogP) is 5.08. The summed E-state index contributed by atoms with van der Waals surface area (Å²) in [5.41, 5.74) is -0.793. The molecule has 0 unspecified atom stereocenters. The van der Waals surface area contributed by atoms with Crippen LogP contribution in [0.4, 0.5) is 13.2 Å². The molecule has 1 saturated carbocycles. The number of hydrogen-bond acceptors (Lipinski definition) is 6. The molecule has 0 saturated heterocycles. The van der Waals surface area contributed by atoms with Gasteiger partial charge in [-0.1, -0.05) is 30.4 Å². The van der Waals surface area contributed by atoms with Gasteiger partial charge in [-0.25, -0.2) is 0 Å². The Morgan fingerprint density at radius 3 is 2.61 bits per heavy atom. The Labute approximate surface area is 210 Å². The summed E-state index contributed by atoms with van der Waals surface area (Å²) in [4.78, 5) is 11.6. The molecule has 0 radical (unpaired) electrons. The minimum absolute atomic E-state index is 0.0104. The molecule has 1 aromatic carbocycles. The van der Waals surface area contributed by atoms with Crippen LogP contribution >= 0.6 is 0 Å². The first-order valence-corrected chi connectivity index (χ1v) is 12.2. The van der Waals surface area contributed by atoms with Gasteiger partial charge in [-0.3, -0.25) is 4.79 Å². The number of allylic oxidation sites excluding steroid dienone is 2. The van der Waals surface area contributed by atoms with Crippen molar-refractivity contribution in [1.29, 1.82) is 0 Å². The monoisotopic (exact) mass is 514 g/mol. The molecular formula is C27H37F3O6. The van der Waals surface area contributed by atoms with Crippen molar-refractivity contribution in [1.82, 2.24) is 0 Å². The Hall–Kier alpha value is -2.36. The van der Waals surface area contributed by atoms with Crippen molar-refractivity contribution >= 4 is 5.97 Å². The molecule has 1 aliphatic rings. The van der Waals surface area contributed by atoms with Gasteiger partial charge in [0.1, 0.15) is 18.5 Å². The molecule has 1 aliphatic carbocycles. The van der Waals surface area contributed by atoms with Gasteiger partial charge in [-0.2, -0.15) is 13.2 Å². The minimum Gasteiger partial charge on any atom is -0.491 e. The number of methoxy groups -OCH3 is 1. The van der Waals surface area contributed by atoms with Crippen molar-refractivity contribution in [3.8, 4) is 5.75 Å². The maximum Gasteiger partial charge on any atom is 0.416 e. The van der Waals surface area contributed by atoms with Crippen LogP contribution < -0.4 is 4.74 Å². The van der Waals surface area contributed by atoms with E-state index in [0.29, 0.717) is 25.7 Å². The lowest BCUT2D eigenvalue weighted by Gasteiger charge is -2.20. The lowest BCUT2D eigenvalue weighted by molar-refractivity contribution is -0.147. The predicted molar refractivity (Wildman–Crippen MR) is 129 cm³/mol. The molecule has 0 heterocycles. The van der Waals surface area contributed by atoms with E-state index in [1.54, 1.807) is 12.2 Å². The lowest BCUT2D eigenvalue weighted by atomic mass is 9.89. The number of unbranched alkanes of at least 4 members (excludes halogenated alkanes) is 1. The van der Waals surface area contributed by atoms with Crippen LogP contribution in [0.1, 0.15) is 51.5 Å². The summed E-state index contributed by atoms with van der Waals surface area (Å²) in [6.45, 7) is 3.61. The van der Waals surface area contributed by atoms with E-state index in [-0.39, 0.29) is 42.7 Å². The fourth-order valence-electron chi connectivity index (χ4n) is 4.16. The number of rotatable bonds is 13. The molecule has 0 amide bonds. The Morgan fingerprint density at radius 2 is 1.94 bits per heavy atom. The molecule has 2 rings (SSSR count). The maximum atomic E-state index is 12.9. The van der Waals surface area contributed by atoms with Crippen LogP contribution in [-0.4, -0.2) is 54.3 Å².